The van der Waals surface area contributed by atoms with Crippen molar-refractivity contribution in [2.45, 2.75) is 26.4 Å². The molecule has 29 heavy (non-hydrogen) atoms. The molecule has 1 atom stereocenters. The highest BCUT2D eigenvalue weighted by Crippen LogP contribution is 2.27. The first-order valence-electron chi connectivity index (χ1n) is 10.1. The largest absolute Gasteiger partial charge is 0.395 e. The van der Waals surface area contributed by atoms with Gasteiger partial charge >= 0.3 is 0 Å². The second-order valence-corrected chi connectivity index (χ2v) is 7.86. The van der Waals surface area contributed by atoms with Crippen LogP contribution in [0.15, 0.2) is 30.3 Å². The highest BCUT2D eigenvalue weighted by atomic mass is 16.5. The molecule has 0 unspecified atom stereocenters. The van der Waals surface area contributed by atoms with E-state index in [0.29, 0.717) is 48.8 Å². The van der Waals surface area contributed by atoms with Gasteiger partial charge in [-0.1, -0.05) is 32.0 Å². The van der Waals surface area contributed by atoms with Crippen LogP contribution in [0, 0.1) is 5.92 Å². The summed E-state index contributed by atoms with van der Waals surface area (Å²) in [5.41, 5.74) is 1.88. The van der Waals surface area contributed by atoms with Gasteiger partial charge in [0.05, 0.1) is 36.5 Å². The Morgan fingerprint density at radius 1 is 1.34 bits per heavy atom. The Kier molecular flexibility index (Phi) is 6.82. The second-order valence-electron chi connectivity index (χ2n) is 7.86. The molecular weight excluding hydrogens is 370 g/mol. The first-order chi connectivity index (χ1) is 13.9. The van der Waals surface area contributed by atoms with Crippen LogP contribution in [0.1, 0.15) is 42.4 Å². The van der Waals surface area contributed by atoms with E-state index in [2.05, 4.69) is 0 Å². The lowest BCUT2D eigenvalue weighted by Crippen LogP contribution is -2.42. The zero-order chi connectivity index (χ0) is 21.0. The molecule has 1 fully saturated rings. The molecule has 0 bridgehead atoms. The zero-order valence-corrected chi connectivity index (χ0v) is 17.3. The van der Waals surface area contributed by atoms with Gasteiger partial charge < -0.3 is 19.6 Å². The van der Waals surface area contributed by atoms with Gasteiger partial charge in [-0.3, -0.25) is 9.59 Å². The lowest BCUT2D eigenvalue weighted by molar-refractivity contribution is -0.139. The van der Waals surface area contributed by atoms with Crippen LogP contribution in [0.5, 0.6) is 0 Å². The van der Waals surface area contributed by atoms with Gasteiger partial charge in [0.2, 0.25) is 5.91 Å². The normalized spacial score (nSPS) is 17.0. The van der Waals surface area contributed by atoms with Crippen LogP contribution in [-0.4, -0.2) is 71.6 Å². The van der Waals surface area contributed by atoms with Gasteiger partial charge in [-0.2, -0.15) is 0 Å². The molecule has 7 heteroatoms. The smallest absolute Gasteiger partial charge is 0.254 e. The molecule has 2 aromatic rings. The van der Waals surface area contributed by atoms with Crippen LogP contribution >= 0.6 is 0 Å². The Balaban J connectivity index is 1.93. The van der Waals surface area contributed by atoms with E-state index in [0.717, 1.165) is 5.39 Å². The summed E-state index contributed by atoms with van der Waals surface area (Å²) in [4.78, 5) is 33.5. The molecule has 1 aromatic heterocycles. The molecule has 2 amide bonds. The quantitative estimate of drug-likeness (QED) is 0.806. The molecule has 1 saturated heterocycles. The van der Waals surface area contributed by atoms with Gasteiger partial charge in [0, 0.05) is 31.9 Å². The number of nitrogens with zero attached hydrogens (tertiary/aromatic N) is 3. The fourth-order valence-electron chi connectivity index (χ4n) is 3.53. The molecule has 7 nitrogen and oxygen atoms in total. The van der Waals surface area contributed by atoms with Crippen LogP contribution in [-0.2, 0) is 9.53 Å². The van der Waals surface area contributed by atoms with Crippen molar-refractivity contribution in [2.75, 3.05) is 39.9 Å². The summed E-state index contributed by atoms with van der Waals surface area (Å²) in [6.07, 6.45) is 0.132. The molecule has 2 heterocycles. The summed E-state index contributed by atoms with van der Waals surface area (Å²) >= 11 is 0. The summed E-state index contributed by atoms with van der Waals surface area (Å²) in [5, 5.41) is 9.94. The van der Waals surface area contributed by atoms with Crippen molar-refractivity contribution in [1.29, 1.82) is 0 Å². The number of morpholine rings is 1. The van der Waals surface area contributed by atoms with E-state index in [1.54, 1.807) is 13.1 Å². The molecule has 1 aromatic carbocycles. The van der Waals surface area contributed by atoms with Gasteiger partial charge in [-0.25, -0.2) is 4.98 Å². The number of fused-ring (bicyclic) bond motifs is 1. The molecule has 1 aliphatic rings. The second kappa shape index (κ2) is 9.33. The van der Waals surface area contributed by atoms with E-state index in [4.69, 9.17) is 9.72 Å². The van der Waals surface area contributed by atoms with Gasteiger partial charge in [0.15, 0.2) is 0 Å². The van der Waals surface area contributed by atoms with Crippen molar-refractivity contribution in [1.82, 2.24) is 14.8 Å². The summed E-state index contributed by atoms with van der Waals surface area (Å²) < 4.78 is 5.92. The number of hydrogen-bond acceptors (Lipinski definition) is 5. The van der Waals surface area contributed by atoms with Crippen LogP contribution in [0.3, 0.4) is 0 Å². The van der Waals surface area contributed by atoms with Crippen molar-refractivity contribution in [3.63, 3.8) is 0 Å². The highest BCUT2D eigenvalue weighted by Gasteiger charge is 2.28. The molecule has 3 rings (SSSR count). The van der Waals surface area contributed by atoms with Crippen LogP contribution in [0.2, 0.25) is 0 Å². The number of aromatic nitrogens is 1. The van der Waals surface area contributed by atoms with E-state index in [1.165, 1.54) is 4.90 Å². The van der Waals surface area contributed by atoms with Crippen molar-refractivity contribution >= 4 is 22.7 Å². The summed E-state index contributed by atoms with van der Waals surface area (Å²) in [5.74, 6) is 0.240. The average molecular weight is 399 g/mol. The monoisotopic (exact) mass is 399 g/mol. The number of benzene rings is 1. The van der Waals surface area contributed by atoms with Gasteiger partial charge in [0.25, 0.3) is 5.91 Å². The minimum Gasteiger partial charge on any atom is -0.395 e. The minimum atomic E-state index is -0.376. The first kappa shape index (κ1) is 21.2. The predicted molar refractivity (Wildman–Crippen MR) is 111 cm³/mol. The van der Waals surface area contributed by atoms with E-state index in [1.807, 2.05) is 43.0 Å². The lowest BCUT2D eigenvalue weighted by atomic mass is 10.0. The maximum absolute atomic E-state index is 13.0. The Morgan fingerprint density at radius 2 is 2.10 bits per heavy atom. The lowest BCUT2D eigenvalue weighted by Gasteiger charge is -2.33. The van der Waals surface area contributed by atoms with Gasteiger partial charge in [-0.05, 0) is 18.1 Å². The molecule has 0 saturated carbocycles. The molecule has 0 aliphatic carbocycles. The summed E-state index contributed by atoms with van der Waals surface area (Å²) in [6, 6.07) is 9.25. The molecule has 1 aliphatic heterocycles. The van der Waals surface area contributed by atoms with Crippen molar-refractivity contribution in [3.05, 3.63) is 41.6 Å². The van der Waals surface area contributed by atoms with E-state index >= 15 is 0 Å². The summed E-state index contributed by atoms with van der Waals surface area (Å²) in [6.45, 7) is 5.65. The minimum absolute atomic E-state index is 0.100. The summed E-state index contributed by atoms with van der Waals surface area (Å²) in [7, 11) is 1.66. The molecular formula is C22H29N3O4. The van der Waals surface area contributed by atoms with Crippen molar-refractivity contribution in [2.24, 2.45) is 5.92 Å². The third-order valence-electron chi connectivity index (χ3n) is 5.08. The van der Waals surface area contributed by atoms with Gasteiger partial charge in [-0.15, -0.1) is 0 Å². The number of carbonyl (C=O) groups is 2. The molecule has 1 N–H and O–H groups in total. The molecule has 0 spiro atoms. The molecule has 156 valence electrons. The third-order valence-corrected chi connectivity index (χ3v) is 5.08. The fourth-order valence-corrected chi connectivity index (χ4v) is 3.53. The van der Waals surface area contributed by atoms with E-state index in [-0.39, 0.29) is 31.1 Å². The Labute approximate surface area is 171 Å². The Hall–Kier alpha value is -2.51. The van der Waals surface area contributed by atoms with E-state index in [9.17, 15) is 14.7 Å². The fraction of sp³-hybridized carbons (Fsp3) is 0.500. The number of amides is 2. The first-order valence-corrected chi connectivity index (χ1v) is 10.1. The number of para-hydroxylation sites is 1. The van der Waals surface area contributed by atoms with Crippen LogP contribution in [0.25, 0.3) is 10.9 Å². The van der Waals surface area contributed by atoms with Crippen LogP contribution in [0.4, 0.5) is 0 Å². The Morgan fingerprint density at radius 3 is 2.83 bits per heavy atom. The standard InChI is InChI=1S/C22H29N3O4/c1-15(2)12-21(27)25-9-11-29-20(14-25)19-13-17(22(28)24(3)8-10-26)16-6-4-5-7-18(16)23-19/h4-7,13,15,20,26H,8-12,14H2,1-3H3/t20-/m0/s1. The number of hydrogen-bond donors (Lipinski definition) is 1. The van der Waals surface area contributed by atoms with Crippen LogP contribution < -0.4 is 0 Å². The van der Waals surface area contributed by atoms with Crippen molar-refractivity contribution < 1.29 is 19.4 Å². The maximum Gasteiger partial charge on any atom is 0.254 e. The maximum atomic E-state index is 13.0. The Bertz CT molecular complexity index is 883. The number of ether oxygens (including phenoxy) is 1. The number of rotatable bonds is 6. The number of aliphatic hydroxyl groups excluding tert-OH is 1. The highest BCUT2D eigenvalue weighted by molar-refractivity contribution is 6.06. The predicted octanol–water partition coefficient (Wildman–Crippen LogP) is 2.25. The topological polar surface area (TPSA) is 83.0 Å². The number of pyridine rings is 1. The average Bonchev–Trinajstić information content (AvgIpc) is 2.72. The van der Waals surface area contributed by atoms with Gasteiger partial charge in [0.1, 0.15) is 6.10 Å². The third kappa shape index (κ3) is 4.92. The number of aliphatic hydroxyl groups is 1. The zero-order valence-electron chi connectivity index (χ0n) is 17.3. The molecule has 0 radical (unpaired) electrons. The SMILES string of the molecule is CC(C)CC(=O)N1CCO[C@H](c2cc(C(=O)N(C)CCO)c3ccccc3n2)C1. The number of carbonyl (C=O) groups excluding carboxylic acids is 2. The van der Waals surface area contributed by atoms with Crippen molar-refractivity contribution in [3.8, 4) is 0 Å². The number of likely N-dealkylation sites (N-methyl/N-ethyl adjacent to an activating group) is 1. The van der Waals surface area contributed by atoms with E-state index < -0.39 is 0 Å².